The summed E-state index contributed by atoms with van der Waals surface area (Å²) in [4.78, 5) is 2.60. The highest BCUT2D eigenvalue weighted by molar-refractivity contribution is 5.00. The molecular weight excluding hydrogens is 224 g/mol. The van der Waals surface area contributed by atoms with Crippen molar-refractivity contribution in [3.05, 3.63) is 0 Å². The van der Waals surface area contributed by atoms with Gasteiger partial charge in [-0.15, -0.1) is 0 Å². The van der Waals surface area contributed by atoms with Gasteiger partial charge in [-0.2, -0.15) is 0 Å². The molecule has 0 aromatic heterocycles. The van der Waals surface area contributed by atoms with Gasteiger partial charge in [0.15, 0.2) is 0 Å². The maximum Gasteiger partial charge on any atom is 0.0469 e. The number of nitrogens with one attached hydrogen (secondary N) is 1. The van der Waals surface area contributed by atoms with E-state index in [0.717, 1.165) is 19.1 Å². The fourth-order valence-electron chi connectivity index (χ4n) is 3.89. The van der Waals surface area contributed by atoms with Gasteiger partial charge in [0.25, 0.3) is 0 Å². The van der Waals surface area contributed by atoms with Crippen molar-refractivity contribution in [2.45, 2.75) is 51.6 Å². The molecule has 1 heterocycles. The van der Waals surface area contributed by atoms with E-state index in [1.165, 1.54) is 32.2 Å². The van der Waals surface area contributed by atoms with Gasteiger partial charge in [0, 0.05) is 31.8 Å². The van der Waals surface area contributed by atoms with Crippen molar-refractivity contribution in [3.8, 4) is 0 Å². The van der Waals surface area contributed by atoms with E-state index in [4.69, 9.17) is 4.74 Å². The monoisotopic (exact) mass is 254 g/mol. The second-order valence-electron chi connectivity index (χ2n) is 6.86. The molecule has 1 N–H and O–H groups in total. The van der Waals surface area contributed by atoms with Gasteiger partial charge in [-0.25, -0.2) is 0 Å². The van der Waals surface area contributed by atoms with Crippen molar-refractivity contribution < 1.29 is 4.74 Å². The Balaban J connectivity index is 1.90. The van der Waals surface area contributed by atoms with E-state index >= 15 is 0 Å². The van der Waals surface area contributed by atoms with E-state index in [1.807, 2.05) is 0 Å². The van der Waals surface area contributed by atoms with Crippen LogP contribution in [0.25, 0.3) is 0 Å². The first kappa shape index (κ1) is 14.3. The fraction of sp³-hybridized carbons (Fsp3) is 1.00. The predicted molar refractivity (Wildman–Crippen MR) is 75.8 cm³/mol. The average molecular weight is 254 g/mol. The van der Waals surface area contributed by atoms with E-state index in [0.29, 0.717) is 17.5 Å². The predicted octanol–water partition coefficient (Wildman–Crippen LogP) is 2.12. The Kier molecular flexibility index (Phi) is 4.68. The molecule has 2 rings (SSSR count). The highest BCUT2D eigenvalue weighted by atomic mass is 16.5. The molecule has 1 saturated carbocycles. The first-order valence-corrected chi connectivity index (χ1v) is 7.50. The molecule has 3 heteroatoms. The Bertz CT molecular complexity index is 261. The maximum absolute atomic E-state index is 5.45. The normalized spacial score (nSPS) is 33.2. The molecule has 106 valence electrons. The topological polar surface area (TPSA) is 24.5 Å². The molecule has 18 heavy (non-hydrogen) atoms. The number of hydrogen-bond donors (Lipinski definition) is 1. The number of rotatable bonds is 4. The van der Waals surface area contributed by atoms with E-state index in [9.17, 15) is 0 Å². The Labute approximate surface area is 112 Å². The molecule has 2 unspecified atom stereocenters. The highest BCUT2D eigenvalue weighted by Crippen LogP contribution is 2.39. The summed E-state index contributed by atoms with van der Waals surface area (Å²) >= 11 is 0. The Morgan fingerprint density at radius 2 is 1.89 bits per heavy atom. The average Bonchev–Trinajstić information content (AvgIpc) is 2.65. The molecular formula is C15H30N2O. The molecule has 0 aromatic rings. The second kappa shape index (κ2) is 5.89. The van der Waals surface area contributed by atoms with Gasteiger partial charge >= 0.3 is 0 Å². The van der Waals surface area contributed by atoms with Crippen molar-refractivity contribution in [2.75, 3.05) is 33.9 Å². The lowest BCUT2D eigenvalue weighted by Gasteiger charge is -2.37. The lowest BCUT2D eigenvalue weighted by atomic mass is 9.86. The summed E-state index contributed by atoms with van der Waals surface area (Å²) < 4.78 is 5.45. The molecule has 0 aromatic carbocycles. The third-order valence-corrected chi connectivity index (χ3v) is 5.08. The number of nitrogens with zero attached hydrogens (tertiary/aromatic N) is 1. The van der Waals surface area contributed by atoms with Crippen LogP contribution in [-0.4, -0.2) is 50.8 Å². The van der Waals surface area contributed by atoms with E-state index in [1.54, 1.807) is 0 Å². The SMILES string of the molecule is CNC1C(N(C)CC2CCOCC2)CCC1(C)C. The van der Waals surface area contributed by atoms with E-state index < -0.39 is 0 Å². The van der Waals surface area contributed by atoms with Crippen LogP contribution in [0.5, 0.6) is 0 Å². The van der Waals surface area contributed by atoms with Gasteiger partial charge in [-0.1, -0.05) is 13.8 Å². The summed E-state index contributed by atoms with van der Waals surface area (Å²) in [5.74, 6) is 0.838. The molecule has 0 bridgehead atoms. The maximum atomic E-state index is 5.45. The Morgan fingerprint density at radius 3 is 2.50 bits per heavy atom. The smallest absolute Gasteiger partial charge is 0.0469 e. The summed E-state index contributed by atoms with van der Waals surface area (Å²) in [6.07, 6.45) is 5.15. The fourth-order valence-corrected chi connectivity index (χ4v) is 3.89. The van der Waals surface area contributed by atoms with Crippen LogP contribution in [0.2, 0.25) is 0 Å². The molecule has 0 radical (unpaired) electrons. The zero-order chi connectivity index (χ0) is 13.2. The standard InChI is InChI=1S/C15H30N2O/c1-15(2)8-5-13(14(15)16-3)17(4)11-12-6-9-18-10-7-12/h12-14,16H,5-11H2,1-4H3. The minimum absolute atomic E-state index is 0.434. The lowest BCUT2D eigenvalue weighted by Crippen LogP contribution is -2.50. The van der Waals surface area contributed by atoms with Crippen molar-refractivity contribution >= 4 is 0 Å². The van der Waals surface area contributed by atoms with E-state index in [-0.39, 0.29) is 0 Å². The number of hydrogen-bond acceptors (Lipinski definition) is 3. The highest BCUT2D eigenvalue weighted by Gasteiger charge is 2.42. The zero-order valence-corrected chi connectivity index (χ0v) is 12.5. The summed E-state index contributed by atoms with van der Waals surface area (Å²) in [5, 5.41) is 3.56. The van der Waals surface area contributed by atoms with Crippen LogP contribution >= 0.6 is 0 Å². The minimum Gasteiger partial charge on any atom is -0.381 e. The third-order valence-electron chi connectivity index (χ3n) is 5.08. The van der Waals surface area contributed by atoms with Crippen molar-refractivity contribution in [2.24, 2.45) is 11.3 Å². The van der Waals surface area contributed by atoms with Crippen molar-refractivity contribution in [3.63, 3.8) is 0 Å². The molecule has 0 amide bonds. The van der Waals surface area contributed by atoms with Crippen molar-refractivity contribution in [1.82, 2.24) is 10.2 Å². The molecule has 2 aliphatic rings. The van der Waals surface area contributed by atoms with Crippen LogP contribution in [0, 0.1) is 11.3 Å². The quantitative estimate of drug-likeness (QED) is 0.832. The van der Waals surface area contributed by atoms with Crippen LogP contribution in [-0.2, 0) is 4.74 Å². The summed E-state index contributed by atoms with van der Waals surface area (Å²) in [7, 11) is 4.43. The van der Waals surface area contributed by atoms with Gasteiger partial charge in [-0.3, -0.25) is 0 Å². The zero-order valence-electron chi connectivity index (χ0n) is 12.5. The summed E-state index contributed by atoms with van der Waals surface area (Å²) in [5.41, 5.74) is 0.434. The Hall–Kier alpha value is -0.120. The first-order valence-electron chi connectivity index (χ1n) is 7.50. The second-order valence-corrected chi connectivity index (χ2v) is 6.86. The van der Waals surface area contributed by atoms with Crippen LogP contribution in [0.1, 0.15) is 39.5 Å². The number of ether oxygens (including phenoxy) is 1. The molecule has 1 saturated heterocycles. The summed E-state index contributed by atoms with van der Waals surface area (Å²) in [6, 6.07) is 1.33. The molecule has 1 aliphatic heterocycles. The van der Waals surface area contributed by atoms with Gasteiger partial charge in [-0.05, 0) is 51.1 Å². The van der Waals surface area contributed by atoms with Crippen molar-refractivity contribution in [1.29, 1.82) is 0 Å². The molecule has 1 aliphatic carbocycles. The van der Waals surface area contributed by atoms with Crippen LogP contribution in [0.3, 0.4) is 0 Å². The Morgan fingerprint density at radius 1 is 1.22 bits per heavy atom. The first-order chi connectivity index (χ1) is 8.54. The molecule has 3 nitrogen and oxygen atoms in total. The largest absolute Gasteiger partial charge is 0.381 e. The number of likely N-dealkylation sites (N-methyl/N-ethyl adjacent to an activating group) is 2. The van der Waals surface area contributed by atoms with E-state index in [2.05, 4.69) is 38.2 Å². The van der Waals surface area contributed by atoms with Gasteiger partial charge in [0.05, 0.1) is 0 Å². The van der Waals surface area contributed by atoms with Crippen LogP contribution in [0.15, 0.2) is 0 Å². The molecule has 2 atom stereocenters. The van der Waals surface area contributed by atoms with Gasteiger partial charge in [0.2, 0.25) is 0 Å². The molecule has 0 spiro atoms. The van der Waals surface area contributed by atoms with Gasteiger partial charge < -0.3 is 15.0 Å². The minimum atomic E-state index is 0.434. The van der Waals surface area contributed by atoms with Crippen LogP contribution < -0.4 is 5.32 Å². The van der Waals surface area contributed by atoms with Crippen LogP contribution in [0.4, 0.5) is 0 Å². The lowest BCUT2D eigenvalue weighted by molar-refractivity contribution is 0.0473. The summed E-state index contributed by atoms with van der Waals surface area (Å²) in [6.45, 7) is 7.96. The van der Waals surface area contributed by atoms with Gasteiger partial charge in [0.1, 0.15) is 0 Å². The third kappa shape index (κ3) is 3.06. The molecule has 2 fully saturated rings.